The number of carboxylic acids is 4. The van der Waals surface area contributed by atoms with Crippen LogP contribution in [0.15, 0.2) is 215 Å². The second-order valence-corrected chi connectivity index (χ2v) is 29.3. The monoisotopic (exact) mass is 1700 g/mol. The van der Waals surface area contributed by atoms with Gasteiger partial charge in [0.2, 0.25) is 17.7 Å². The Hall–Kier alpha value is -13.7. The zero-order valence-corrected chi connectivity index (χ0v) is 67.7. The van der Waals surface area contributed by atoms with Crippen molar-refractivity contribution in [2.75, 3.05) is 0 Å². The molecule has 0 aliphatic heterocycles. The molecule has 0 saturated heterocycles. The van der Waals surface area contributed by atoms with Crippen molar-refractivity contribution in [1.29, 1.82) is 0 Å². The number of benzene rings is 7. The average Bonchev–Trinajstić information content (AvgIpc) is 1.82. The molecule has 0 fully saturated rings. The van der Waals surface area contributed by atoms with E-state index in [0.29, 0.717) is 108 Å². The number of ether oxygens (including phenoxy) is 7. The van der Waals surface area contributed by atoms with Crippen molar-refractivity contribution in [1.82, 2.24) is 44.1 Å². The van der Waals surface area contributed by atoms with Crippen LogP contribution in [0.3, 0.4) is 0 Å². The topological polar surface area (TPSA) is 472 Å². The number of aromatic carboxylic acids is 4. The maximum absolute atomic E-state index is 10.9. The van der Waals surface area contributed by atoms with E-state index in [-0.39, 0.29) is 28.9 Å². The fraction of sp³-hybridized carbons (Fsp3) is 0.150. The third-order valence-corrected chi connectivity index (χ3v) is 19.7. The molecular formula is C80H74N12O19S6. The molecule has 0 aliphatic carbocycles. The van der Waals surface area contributed by atoms with E-state index in [1.54, 1.807) is 181 Å². The molecule has 7 aromatic heterocycles. The average molecular weight is 1700 g/mol. The number of carbonyl (C=O) groups excluding carboxylic acids is 3. The van der Waals surface area contributed by atoms with Crippen molar-refractivity contribution in [2.45, 2.75) is 80.9 Å². The van der Waals surface area contributed by atoms with Gasteiger partial charge in [0.15, 0.2) is 11.7 Å². The van der Waals surface area contributed by atoms with Crippen molar-refractivity contribution in [3.05, 3.63) is 313 Å². The van der Waals surface area contributed by atoms with Crippen LogP contribution in [0.2, 0.25) is 0 Å². The van der Waals surface area contributed by atoms with E-state index in [1.165, 1.54) is 94.3 Å². The van der Waals surface area contributed by atoms with E-state index in [9.17, 15) is 33.6 Å². The molecule has 0 aliphatic rings. The van der Waals surface area contributed by atoms with Gasteiger partial charge in [0, 0.05) is 46.8 Å². The molecule has 10 N–H and O–H groups in total. The standard InChI is InChI=1S/C12H12N2O2S.C12H11NO4.C12H11NO3S.C11H11N3O2S.C11H10N2O3S.C11H10N2O2S.C11H9NO3S/c1-8-14-10(7-17-8)6-16-11-4-2-9(3-5-11)12(13)15;1-8-13-6-11(17-8)7-16-10-4-2-9(3-5-10)12(14)15;1-8-13-10(7-17-8)6-16-11-4-2-9(3-5-11)12(14)15;1-7-10(17-14-13-7)6-16-9-4-2-8(3-5-9)11(12)15;1-7-10(17-13-12-7)6-16-9-4-2-8(3-5-9)11(14)15;12-11(14)8-1-3-9(4-2-8)15-6-10-5-13-7-16-10;13-11(14)8-1-3-9(4-2-8)15-6-10-5-12-7-16-10/h2-5,7H,6H2,1H3,(H2,13,15);2-6H,7H2,1H3,(H,14,15);2-5,7H,6H2,1H3,(H,14,15);2-5H,6H2,1H3,(H2,12,15);2-5H,6H2,1H3,(H,14,15);1-5,7H,6H2,(H2,12,14);1-5,7H,6H2,(H,13,14). The van der Waals surface area contributed by atoms with Crippen molar-refractivity contribution >= 4 is 110 Å². The van der Waals surface area contributed by atoms with Crippen LogP contribution in [0.4, 0.5) is 0 Å². The Bertz CT molecular complexity index is 5000. The number of carbonyl (C=O) groups is 7. The van der Waals surface area contributed by atoms with Gasteiger partial charge in [-0.05, 0) is 221 Å². The van der Waals surface area contributed by atoms with E-state index < -0.39 is 41.6 Å². The van der Waals surface area contributed by atoms with Crippen LogP contribution in [-0.4, -0.2) is 106 Å². The van der Waals surface area contributed by atoms with Crippen molar-refractivity contribution in [2.24, 2.45) is 17.2 Å². The maximum Gasteiger partial charge on any atom is 0.335 e. The molecule has 37 heteroatoms. The summed E-state index contributed by atoms with van der Waals surface area (Å²) < 4.78 is 51.3. The van der Waals surface area contributed by atoms with Crippen LogP contribution in [-0.2, 0) is 46.2 Å². The summed E-state index contributed by atoms with van der Waals surface area (Å²) in [6.45, 7) is 12.3. The quantitative estimate of drug-likeness (QED) is 0.0239. The minimum Gasteiger partial charge on any atom is -0.488 e. The van der Waals surface area contributed by atoms with Gasteiger partial charge in [-0.15, -0.1) is 55.5 Å². The highest BCUT2D eigenvalue weighted by atomic mass is 32.1. The second-order valence-electron chi connectivity index (χ2n) is 23.6. The number of rotatable bonds is 28. The van der Waals surface area contributed by atoms with Gasteiger partial charge in [0.25, 0.3) is 0 Å². The van der Waals surface area contributed by atoms with Gasteiger partial charge in [-0.25, -0.2) is 34.1 Å². The molecule has 117 heavy (non-hydrogen) atoms. The van der Waals surface area contributed by atoms with E-state index in [4.69, 9.17) is 75.2 Å². The molecule has 604 valence electrons. The van der Waals surface area contributed by atoms with Crippen molar-refractivity contribution in [3.8, 4) is 40.2 Å². The maximum atomic E-state index is 10.9. The molecule has 0 spiro atoms. The van der Waals surface area contributed by atoms with Crippen molar-refractivity contribution in [3.63, 3.8) is 0 Å². The zero-order chi connectivity index (χ0) is 84.0. The second kappa shape index (κ2) is 46.5. The minimum absolute atomic E-state index is 0.229. The highest BCUT2D eigenvalue weighted by molar-refractivity contribution is 7.10. The first-order chi connectivity index (χ1) is 56.3. The molecule has 0 radical (unpaired) electrons. The molecule has 14 rings (SSSR count). The number of aryl methyl sites for hydroxylation is 5. The number of hydrogen-bond acceptors (Lipinski definition) is 30. The number of thiazole rings is 4. The van der Waals surface area contributed by atoms with Gasteiger partial charge in [-0.1, -0.05) is 8.98 Å². The summed E-state index contributed by atoms with van der Waals surface area (Å²) in [6.07, 6.45) is 5.11. The Kier molecular flexibility index (Phi) is 35.3. The summed E-state index contributed by atoms with van der Waals surface area (Å²) in [7, 11) is 0. The van der Waals surface area contributed by atoms with Gasteiger partial charge >= 0.3 is 23.9 Å². The zero-order valence-electron chi connectivity index (χ0n) is 62.8. The summed E-state index contributed by atoms with van der Waals surface area (Å²) >= 11 is 8.84. The normalized spacial score (nSPS) is 10.1. The lowest BCUT2D eigenvalue weighted by Crippen LogP contribution is -2.10. The Labute approximate surface area is 692 Å². The number of nitrogens with two attached hydrogens (primary N) is 3. The summed E-state index contributed by atoms with van der Waals surface area (Å²) in [5.41, 5.74) is 24.8. The third-order valence-electron chi connectivity index (χ3n) is 14.9. The number of aromatic nitrogens is 9. The molecule has 7 aromatic carbocycles. The summed E-state index contributed by atoms with van der Waals surface area (Å²) in [5.74, 6) is 0.712. The Morgan fingerprint density at radius 2 is 0.624 bits per heavy atom. The van der Waals surface area contributed by atoms with Gasteiger partial charge in [0.05, 0.1) is 91.8 Å². The van der Waals surface area contributed by atoms with Crippen LogP contribution in [0.1, 0.15) is 136 Å². The molecule has 7 heterocycles. The summed E-state index contributed by atoms with van der Waals surface area (Å²) in [6, 6.07) is 45.3. The van der Waals surface area contributed by atoms with Crippen LogP contribution >= 0.6 is 68.4 Å². The highest BCUT2D eigenvalue weighted by Gasteiger charge is 2.12. The lowest BCUT2D eigenvalue weighted by atomic mass is 10.2. The molecule has 0 atom stereocenters. The lowest BCUT2D eigenvalue weighted by Gasteiger charge is -2.04. The predicted molar refractivity (Wildman–Crippen MR) is 437 cm³/mol. The molecule has 3 amide bonds. The third kappa shape index (κ3) is 31.6. The number of primary amides is 3. The molecule has 31 nitrogen and oxygen atoms in total. The van der Waals surface area contributed by atoms with Gasteiger partial charge in [0.1, 0.15) is 86.5 Å². The van der Waals surface area contributed by atoms with E-state index >= 15 is 0 Å². The Morgan fingerprint density at radius 1 is 0.350 bits per heavy atom. The predicted octanol–water partition coefficient (Wildman–Crippen LogP) is 15.0. The van der Waals surface area contributed by atoms with Crippen LogP contribution in [0.5, 0.6) is 40.2 Å². The summed E-state index contributed by atoms with van der Waals surface area (Å²) in [4.78, 5) is 99.5. The van der Waals surface area contributed by atoms with Crippen LogP contribution < -0.4 is 50.4 Å². The number of hydrogen-bond donors (Lipinski definition) is 7. The molecule has 0 saturated carbocycles. The minimum atomic E-state index is -0.956. The SMILES string of the molecule is Cc1nc(COc2ccc(C(=O)O)cc2)cs1.Cc1nc(COc2ccc(C(N)=O)cc2)cs1.Cc1ncc(COc2ccc(C(=O)O)cc2)o1.Cc1nnsc1COc1ccc(C(=O)O)cc1.Cc1nnsc1COc1ccc(C(N)=O)cc1.NC(=O)c1ccc(OCc2cncs2)cc1.O=C(O)c1ccc(OCc2cncs2)cc1. The lowest BCUT2D eigenvalue weighted by molar-refractivity contribution is 0.0686. The molecule has 0 bridgehead atoms. The Morgan fingerprint density at radius 3 is 0.846 bits per heavy atom. The van der Waals surface area contributed by atoms with Crippen LogP contribution in [0.25, 0.3) is 0 Å². The number of oxazole rings is 1. The van der Waals surface area contributed by atoms with Gasteiger partial charge < -0.3 is 75.2 Å². The first kappa shape index (κ1) is 88.8. The van der Waals surface area contributed by atoms with E-state index in [1.807, 2.05) is 38.5 Å². The first-order valence-electron chi connectivity index (χ1n) is 34.3. The fourth-order valence-electron chi connectivity index (χ4n) is 8.81. The Balaban J connectivity index is 0.000000170. The molecule has 14 aromatic rings. The largest absolute Gasteiger partial charge is 0.488 e. The number of carboxylic acid groups (broad SMARTS) is 4. The fourth-order valence-corrected chi connectivity index (χ4v) is 12.1. The van der Waals surface area contributed by atoms with Gasteiger partial charge in [-0.2, -0.15) is 0 Å². The smallest absolute Gasteiger partial charge is 0.335 e. The number of nitrogens with zero attached hydrogens (tertiary/aromatic N) is 9. The molecular weight excluding hydrogens is 1630 g/mol. The first-order valence-corrected chi connectivity index (χ1v) is 39.3. The van der Waals surface area contributed by atoms with Crippen molar-refractivity contribution < 1.29 is 91.6 Å². The number of amides is 3. The van der Waals surface area contributed by atoms with E-state index in [2.05, 4.69) is 44.1 Å². The van der Waals surface area contributed by atoms with Gasteiger partial charge in [-0.3, -0.25) is 24.4 Å². The highest BCUT2D eigenvalue weighted by Crippen LogP contribution is 2.24. The summed E-state index contributed by atoms with van der Waals surface area (Å²) in [5, 5.41) is 48.6. The molecule has 0 unspecified atom stereocenters. The van der Waals surface area contributed by atoms with E-state index in [0.717, 1.165) is 52.3 Å². The van der Waals surface area contributed by atoms with Crippen LogP contribution in [0, 0.1) is 34.6 Å².